The van der Waals surface area contributed by atoms with E-state index in [-0.39, 0.29) is 29.6 Å². The van der Waals surface area contributed by atoms with Crippen LogP contribution in [0.3, 0.4) is 0 Å². The molecule has 2 fully saturated rings. The number of hydrogen-bond acceptors (Lipinski definition) is 6. The highest BCUT2D eigenvalue weighted by molar-refractivity contribution is 6.30. The van der Waals surface area contributed by atoms with Gasteiger partial charge in [0.25, 0.3) is 18.2 Å². The highest BCUT2D eigenvalue weighted by Gasteiger charge is 2.43. The molecule has 1 aromatic heterocycles. The molecule has 4 rings (SSSR count). The number of pyridine rings is 1. The Morgan fingerprint density at radius 3 is 2.38 bits per heavy atom. The molecule has 2 unspecified atom stereocenters. The topological polar surface area (TPSA) is 104 Å². The zero-order chi connectivity index (χ0) is 28.5. The minimum absolute atomic E-state index is 0.0486. The molecular formula is C28H35ClF2N4O4. The van der Waals surface area contributed by atoms with Crippen LogP contribution in [-0.2, 0) is 10.4 Å². The van der Waals surface area contributed by atoms with Gasteiger partial charge in [0, 0.05) is 34.9 Å². The minimum Gasteiger partial charge on any atom is -0.478 e. The Kier molecular flexibility index (Phi) is 8.37. The number of anilines is 1. The number of hydrogen-bond donors (Lipinski definition) is 3. The Morgan fingerprint density at radius 2 is 1.82 bits per heavy atom. The van der Waals surface area contributed by atoms with Crippen LogP contribution in [0.4, 0.5) is 14.6 Å². The lowest BCUT2D eigenvalue weighted by Gasteiger charge is -2.41. The molecule has 2 atom stereocenters. The van der Waals surface area contributed by atoms with E-state index >= 15 is 0 Å². The summed E-state index contributed by atoms with van der Waals surface area (Å²) in [5, 5.41) is 16.4. The summed E-state index contributed by atoms with van der Waals surface area (Å²) >= 11 is 6.12. The van der Waals surface area contributed by atoms with Gasteiger partial charge in [0.2, 0.25) is 0 Å². The molecule has 3 N–H and O–H groups in total. The standard InChI is InChI=1S/C28H35ClF2N4O4/c1-27(2,38)21-11-17(29)6-9-22(21)39-28(3,4)26(37)34-18-12-19-7-8-20(13-18)35(19)24-10-5-16(14-32-24)25(36)33-15-23(30)31/h5-6,9-11,14,18-20,23,38H,7-8,12-13,15H2,1-4H3,(H,33,36)(H,34,37). The number of aliphatic hydroxyl groups is 1. The fraction of sp³-hybridized carbons (Fsp3) is 0.536. The van der Waals surface area contributed by atoms with Crippen molar-refractivity contribution in [3.05, 3.63) is 52.7 Å². The SMILES string of the molecule is CC(C)(Oc1ccc(Cl)cc1C(C)(C)O)C(=O)NC1CC2CCC(C1)N2c1ccc(C(=O)NCC(F)F)cn1. The van der Waals surface area contributed by atoms with Crippen molar-refractivity contribution in [1.82, 2.24) is 15.6 Å². The number of fused-ring (bicyclic) bond motifs is 2. The lowest BCUT2D eigenvalue weighted by atomic mass is 9.95. The smallest absolute Gasteiger partial charge is 0.263 e. The predicted molar refractivity (Wildman–Crippen MR) is 144 cm³/mol. The number of halogens is 3. The van der Waals surface area contributed by atoms with Gasteiger partial charge in [0.15, 0.2) is 5.60 Å². The van der Waals surface area contributed by atoms with Crippen LogP contribution in [-0.4, -0.2) is 58.6 Å². The number of nitrogens with one attached hydrogen (secondary N) is 2. The van der Waals surface area contributed by atoms with Crippen LogP contribution in [0.2, 0.25) is 5.02 Å². The molecule has 2 saturated heterocycles. The molecule has 0 saturated carbocycles. The van der Waals surface area contributed by atoms with Crippen LogP contribution in [0, 0.1) is 0 Å². The molecule has 39 heavy (non-hydrogen) atoms. The number of benzene rings is 1. The Morgan fingerprint density at radius 1 is 1.15 bits per heavy atom. The number of nitrogens with zero attached hydrogens (tertiary/aromatic N) is 2. The van der Waals surface area contributed by atoms with E-state index in [1.807, 2.05) is 0 Å². The highest BCUT2D eigenvalue weighted by Crippen LogP contribution is 2.39. The summed E-state index contributed by atoms with van der Waals surface area (Å²) in [6.45, 7) is 5.95. The Bertz CT molecular complexity index is 1190. The minimum atomic E-state index is -2.61. The molecule has 1 aromatic carbocycles. The van der Waals surface area contributed by atoms with E-state index in [4.69, 9.17) is 16.3 Å². The van der Waals surface area contributed by atoms with Crippen LogP contribution in [0.1, 0.15) is 69.3 Å². The Hall–Kier alpha value is -2.98. The summed E-state index contributed by atoms with van der Waals surface area (Å²) < 4.78 is 30.9. The second kappa shape index (κ2) is 11.3. The van der Waals surface area contributed by atoms with Crippen LogP contribution in [0.25, 0.3) is 0 Å². The van der Waals surface area contributed by atoms with E-state index in [0.717, 1.165) is 31.5 Å². The normalized spacial score (nSPS) is 21.2. The van der Waals surface area contributed by atoms with Crippen LogP contribution in [0.15, 0.2) is 36.5 Å². The number of piperidine rings is 1. The third-order valence-electron chi connectivity index (χ3n) is 7.27. The summed E-state index contributed by atoms with van der Waals surface area (Å²) in [5.41, 5.74) is -1.69. The molecule has 2 aliphatic rings. The van der Waals surface area contributed by atoms with Gasteiger partial charge in [-0.25, -0.2) is 13.8 Å². The molecule has 3 heterocycles. The van der Waals surface area contributed by atoms with Crippen LogP contribution < -0.4 is 20.3 Å². The number of carbonyl (C=O) groups is 2. The van der Waals surface area contributed by atoms with Gasteiger partial charge in [-0.15, -0.1) is 0 Å². The molecule has 0 aliphatic carbocycles. The Labute approximate surface area is 232 Å². The summed E-state index contributed by atoms with van der Waals surface area (Å²) in [4.78, 5) is 32.0. The number of amides is 2. The first-order chi connectivity index (χ1) is 18.2. The fourth-order valence-corrected chi connectivity index (χ4v) is 5.54. The van der Waals surface area contributed by atoms with Gasteiger partial charge >= 0.3 is 0 Å². The van der Waals surface area contributed by atoms with E-state index in [0.29, 0.717) is 16.3 Å². The number of carbonyl (C=O) groups excluding carboxylic acids is 2. The summed E-state index contributed by atoms with van der Waals surface area (Å²) in [5.74, 6) is 0.272. The molecule has 11 heteroatoms. The summed E-state index contributed by atoms with van der Waals surface area (Å²) in [6.07, 6.45) is 2.16. The number of ether oxygens (including phenoxy) is 1. The van der Waals surface area contributed by atoms with E-state index < -0.39 is 30.1 Å². The third-order valence-corrected chi connectivity index (χ3v) is 7.51. The quantitative estimate of drug-likeness (QED) is 0.416. The summed E-state index contributed by atoms with van der Waals surface area (Å²) in [6, 6.07) is 8.57. The first-order valence-electron chi connectivity index (χ1n) is 13.1. The van der Waals surface area contributed by atoms with Crippen molar-refractivity contribution in [2.24, 2.45) is 0 Å². The number of rotatable bonds is 9. The van der Waals surface area contributed by atoms with Gasteiger partial charge in [-0.3, -0.25) is 9.59 Å². The van der Waals surface area contributed by atoms with Gasteiger partial charge < -0.3 is 25.4 Å². The van der Waals surface area contributed by atoms with E-state index in [1.54, 1.807) is 58.0 Å². The maximum atomic E-state index is 13.3. The lowest BCUT2D eigenvalue weighted by molar-refractivity contribution is -0.135. The fourth-order valence-electron chi connectivity index (χ4n) is 5.36. The highest BCUT2D eigenvalue weighted by atomic mass is 35.5. The van der Waals surface area contributed by atoms with Crippen LogP contribution >= 0.6 is 11.6 Å². The van der Waals surface area contributed by atoms with Gasteiger partial charge in [-0.05, 0) is 83.7 Å². The average molecular weight is 565 g/mol. The zero-order valence-corrected chi connectivity index (χ0v) is 23.3. The van der Waals surface area contributed by atoms with Gasteiger partial charge in [0.1, 0.15) is 11.6 Å². The van der Waals surface area contributed by atoms with Crippen molar-refractivity contribution in [2.75, 3.05) is 11.4 Å². The van der Waals surface area contributed by atoms with Crippen molar-refractivity contribution in [3.63, 3.8) is 0 Å². The molecule has 2 bridgehead atoms. The second-order valence-corrected chi connectivity index (χ2v) is 11.7. The van der Waals surface area contributed by atoms with Gasteiger partial charge in [-0.1, -0.05) is 11.6 Å². The lowest BCUT2D eigenvalue weighted by Crippen LogP contribution is -2.55. The van der Waals surface area contributed by atoms with Gasteiger partial charge in [0.05, 0.1) is 17.7 Å². The molecule has 2 aromatic rings. The molecule has 2 aliphatic heterocycles. The van der Waals surface area contributed by atoms with E-state index in [2.05, 4.69) is 20.5 Å². The Balaban J connectivity index is 1.38. The zero-order valence-electron chi connectivity index (χ0n) is 22.5. The molecule has 2 amide bonds. The monoisotopic (exact) mass is 564 g/mol. The maximum Gasteiger partial charge on any atom is 0.263 e. The molecular weight excluding hydrogens is 530 g/mol. The van der Waals surface area contributed by atoms with Crippen molar-refractivity contribution in [3.8, 4) is 5.75 Å². The van der Waals surface area contributed by atoms with Crippen molar-refractivity contribution >= 4 is 29.2 Å². The second-order valence-electron chi connectivity index (χ2n) is 11.3. The van der Waals surface area contributed by atoms with Crippen molar-refractivity contribution in [1.29, 1.82) is 0 Å². The largest absolute Gasteiger partial charge is 0.478 e. The van der Waals surface area contributed by atoms with E-state index in [1.165, 1.54) is 6.20 Å². The number of aromatic nitrogens is 1. The average Bonchev–Trinajstić information content (AvgIpc) is 3.12. The first kappa shape index (κ1) is 29.0. The summed E-state index contributed by atoms with van der Waals surface area (Å²) in [7, 11) is 0. The number of alkyl halides is 2. The molecule has 0 radical (unpaired) electrons. The van der Waals surface area contributed by atoms with Crippen molar-refractivity contribution < 1.29 is 28.2 Å². The first-order valence-corrected chi connectivity index (χ1v) is 13.5. The van der Waals surface area contributed by atoms with Crippen molar-refractivity contribution in [2.45, 2.75) is 89.1 Å². The maximum absolute atomic E-state index is 13.3. The van der Waals surface area contributed by atoms with Gasteiger partial charge in [-0.2, -0.15) is 0 Å². The third kappa shape index (κ3) is 6.78. The molecule has 8 nitrogen and oxygen atoms in total. The van der Waals surface area contributed by atoms with Crippen LogP contribution in [0.5, 0.6) is 5.75 Å². The van der Waals surface area contributed by atoms with E-state index in [9.17, 15) is 23.5 Å². The molecule has 212 valence electrons. The predicted octanol–water partition coefficient (Wildman–Crippen LogP) is 4.43. The molecule has 0 spiro atoms.